The molecule has 6 atom stereocenters. The second-order valence-corrected chi connectivity index (χ2v) is 18.3. The third-order valence-electron chi connectivity index (χ3n) is 11.3. The van der Waals surface area contributed by atoms with Crippen molar-refractivity contribution in [3.8, 4) is 0 Å². The first kappa shape index (κ1) is 57.6. The van der Waals surface area contributed by atoms with Crippen LogP contribution in [0.5, 0.6) is 0 Å². The zero-order chi connectivity index (χ0) is 44.8. The van der Waals surface area contributed by atoms with Gasteiger partial charge in [0.05, 0.1) is 13.2 Å². The molecule has 12 nitrogen and oxygen atoms in total. The summed E-state index contributed by atoms with van der Waals surface area (Å²) in [6.07, 6.45) is 33.5. The molecular weight excluding hydrogens is 799 g/mol. The van der Waals surface area contributed by atoms with E-state index in [1.165, 1.54) is 89.9 Å². The number of phosphoric acid groups is 1. The van der Waals surface area contributed by atoms with Gasteiger partial charge < -0.3 is 39.9 Å². The van der Waals surface area contributed by atoms with E-state index in [-0.39, 0.29) is 13.0 Å². The fraction of sp³-hybridized carbons (Fsp3) is 0.854. The maximum Gasteiger partial charge on any atom is 0.472 e. The molecule has 0 aromatic heterocycles. The number of carbonyl (C=O) groups excluding carboxylic acids is 1. The zero-order valence-corrected chi connectivity index (χ0v) is 39.1. The number of unbranched alkanes of at least 4 members (excludes halogenated alkanes) is 23. The molecule has 1 saturated carbocycles. The van der Waals surface area contributed by atoms with E-state index in [0.29, 0.717) is 13.0 Å². The van der Waals surface area contributed by atoms with Gasteiger partial charge in [-0.25, -0.2) is 4.57 Å². The van der Waals surface area contributed by atoms with Gasteiger partial charge in [-0.3, -0.25) is 13.8 Å². The Labute approximate surface area is 370 Å². The average Bonchev–Trinajstić information content (AvgIpc) is 3.24. The normalized spacial score (nSPS) is 22.4. The van der Waals surface area contributed by atoms with Crippen molar-refractivity contribution in [1.29, 1.82) is 0 Å². The molecule has 1 aliphatic carbocycles. The molecule has 6 unspecified atom stereocenters. The molecule has 0 aromatic carbocycles. The number of carbonyl (C=O) groups is 1. The zero-order valence-electron chi connectivity index (χ0n) is 38.2. The second-order valence-electron chi connectivity index (χ2n) is 16.9. The summed E-state index contributed by atoms with van der Waals surface area (Å²) in [5, 5.41) is 50.2. The molecule has 6 N–H and O–H groups in total. The van der Waals surface area contributed by atoms with E-state index in [4.69, 9.17) is 18.5 Å². The monoisotopic (exact) mass is 889 g/mol. The van der Waals surface area contributed by atoms with Gasteiger partial charge in [0.15, 0.2) is 0 Å². The number of ether oxygens (including phenoxy) is 2. The maximum absolute atomic E-state index is 12.8. The van der Waals surface area contributed by atoms with Gasteiger partial charge in [0, 0.05) is 13.0 Å². The fourth-order valence-corrected chi connectivity index (χ4v) is 8.40. The van der Waals surface area contributed by atoms with Gasteiger partial charge in [0.2, 0.25) is 0 Å². The molecule has 1 aliphatic rings. The first-order chi connectivity index (χ1) is 29.5. The molecule has 0 aromatic rings. The Bertz CT molecular complexity index is 1150. The molecule has 0 bridgehead atoms. The van der Waals surface area contributed by atoms with Crippen LogP contribution in [0.4, 0.5) is 0 Å². The standard InChI is InChI=1S/C48H89O12P/c1-3-5-7-9-11-13-15-17-19-21-22-23-25-27-29-31-33-35-37-42(49)59-41(40-58-61(55,56)60-48-46(53)44(51)43(50)45(52)47(48)54)39-57-38-36-34-32-30-28-26-24-20-18-16-14-12-10-8-6-4-2/h6,8,12,14,18,20,41,43-48,50-54H,3-5,7,9-11,13,15-17,19,21-40H2,1-2H3,(H,55,56)/b8-6-,14-12-,20-18-. The van der Waals surface area contributed by atoms with E-state index >= 15 is 0 Å². The molecule has 0 amide bonds. The SMILES string of the molecule is CC/C=C\C/C=C\C/C=C\CCCCCCCCOCC(COP(=O)(O)OC1C(O)C(O)C(O)C(O)C1O)OC(=O)CCCCCCCCCCCCCCCCCCCC. The molecule has 1 rings (SSSR count). The van der Waals surface area contributed by atoms with Crippen molar-refractivity contribution in [3.05, 3.63) is 36.5 Å². The molecule has 0 saturated heterocycles. The first-order valence-corrected chi connectivity index (χ1v) is 25.8. The van der Waals surface area contributed by atoms with Crippen LogP contribution in [-0.4, -0.2) is 98.9 Å². The predicted octanol–water partition coefficient (Wildman–Crippen LogP) is 10.3. The average molecular weight is 889 g/mol. The summed E-state index contributed by atoms with van der Waals surface area (Å²) in [6, 6.07) is 0. The van der Waals surface area contributed by atoms with Crippen LogP contribution in [0, 0.1) is 0 Å². The van der Waals surface area contributed by atoms with E-state index in [2.05, 4.69) is 50.3 Å². The summed E-state index contributed by atoms with van der Waals surface area (Å²) in [4.78, 5) is 23.2. The lowest BCUT2D eigenvalue weighted by molar-refractivity contribution is -0.220. The lowest BCUT2D eigenvalue weighted by Crippen LogP contribution is -2.64. The summed E-state index contributed by atoms with van der Waals surface area (Å²) in [5.41, 5.74) is 0. The Morgan fingerprint density at radius 2 is 0.967 bits per heavy atom. The van der Waals surface area contributed by atoms with Gasteiger partial charge in [-0.15, -0.1) is 0 Å². The molecule has 1 fully saturated rings. The van der Waals surface area contributed by atoms with Crippen molar-refractivity contribution < 1.29 is 58.3 Å². The molecule has 0 aliphatic heterocycles. The first-order valence-electron chi connectivity index (χ1n) is 24.3. The van der Waals surface area contributed by atoms with Gasteiger partial charge in [0.25, 0.3) is 0 Å². The van der Waals surface area contributed by atoms with Crippen LogP contribution in [0.25, 0.3) is 0 Å². The number of esters is 1. The number of rotatable bonds is 41. The van der Waals surface area contributed by atoms with Crippen LogP contribution in [-0.2, 0) is 27.9 Å². The van der Waals surface area contributed by atoms with Crippen LogP contribution in [0.2, 0.25) is 0 Å². The lowest BCUT2D eigenvalue weighted by atomic mass is 9.85. The van der Waals surface area contributed by atoms with Gasteiger partial charge in [-0.1, -0.05) is 185 Å². The Kier molecular flexibility index (Phi) is 36.8. The minimum absolute atomic E-state index is 0.0832. The molecule has 0 heterocycles. The van der Waals surface area contributed by atoms with Crippen molar-refractivity contribution in [1.82, 2.24) is 0 Å². The fourth-order valence-electron chi connectivity index (χ4n) is 7.43. The van der Waals surface area contributed by atoms with E-state index in [1.54, 1.807) is 0 Å². The number of phosphoric ester groups is 1. The molecular formula is C48H89O12P. The summed E-state index contributed by atoms with van der Waals surface area (Å²) < 4.78 is 34.2. The van der Waals surface area contributed by atoms with Crippen LogP contribution in [0.15, 0.2) is 36.5 Å². The van der Waals surface area contributed by atoms with Crippen LogP contribution >= 0.6 is 7.82 Å². The van der Waals surface area contributed by atoms with Crippen molar-refractivity contribution >= 4 is 13.8 Å². The highest BCUT2D eigenvalue weighted by Gasteiger charge is 2.51. The highest BCUT2D eigenvalue weighted by molar-refractivity contribution is 7.47. The molecule has 13 heteroatoms. The largest absolute Gasteiger partial charge is 0.472 e. The lowest BCUT2D eigenvalue weighted by Gasteiger charge is -2.41. The minimum atomic E-state index is -5.02. The van der Waals surface area contributed by atoms with E-state index in [9.17, 15) is 39.8 Å². The van der Waals surface area contributed by atoms with E-state index < -0.39 is 63.1 Å². The minimum Gasteiger partial charge on any atom is -0.457 e. The highest BCUT2D eigenvalue weighted by atomic mass is 31.2. The van der Waals surface area contributed by atoms with Crippen molar-refractivity contribution in [2.24, 2.45) is 0 Å². The second kappa shape index (κ2) is 39.0. The van der Waals surface area contributed by atoms with Crippen molar-refractivity contribution in [3.63, 3.8) is 0 Å². The third kappa shape index (κ3) is 31.1. The van der Waals surface area contributed by atoms with Crippen LogP contribution in [0.3, 0.4) is 0 Å². The van der Waals surface area contributed by atoms with Gasteiger partial charge in [-0.2, -0.15) is 0 Å². The van der Waals surface area contributed by atoms with Crippen LogP contribution in [0.1, 0.15) is 200 Å². The Morgan fingerprint density at radius 3 is 1.48 bits per heavy atom. The Morgan fingerprint density at radius 1 is 0.541 bits per heavy atom. The van der Waals surface area contributed by atoms with Crippen molar-refractivity contribution in [2.45, 2.75) is 243 Å². The summed E-state index contributed by atoms with van der Waals surface area (Å²) in [6.45, 7) is 4.14. The summed E-state index contributed by atoms with van der Waals surface area (Å²) >= 11 is 0. The summed E-state index contributed by atoms with van der Waals surface area (Å²) in [7, 11) is -5.02. The van der Waals surface area contributed by atoms with Crippen molar-refractivity contribution in [2.75, 3.05) is 19.8 Å². The quantitative estimate of drug-likeness (QED) is 0.0148. The Balaban J connectivity index is 2.37. The molecule has 61 heavy (non-hydrogen) atoms. The van der Waals surface area contributed by atoms with Crippen LogP contribution < -0.4 is 0 Å². The number of aliphatic hydroxyl groups is 5. The topological polar surface area (TPSA) is 192 Å². The molecule has 0 spiro atoms. The maximum atomic E-state index is 12.8. The smallest absolute Gasteiger partial charge is 0.457 e. The Hall–Kier alpha value is -1.44. The number of aliphatic hydroxyl groups excluding tert-OH is 5. The predicted molar refractivity (Wildman–Crippen MR) is 244 cm³/mol. The summed E-state index contributed by atoms with van der Waals surface area (Å²) in [5.74, 6) is -0.480. The van der Waals surface area contributed by atoms with E-state index in [1.807, 2.05) is 0 Å². The van der Waals surface area contributed by atoms with Gasteiger partial charge >= 0.3 is 13.8 Å². The number of hydrogen-bond donors (Lipinski definition) is 6. The van der Waals surface area contributed by atoms with E-state index in [0.717, 1.165) is 83.5 Å². The number of allylic oxidation sites excluding steroid dienone is 6. The number of hydrogen-bond acceptors (Lipinski definition) is 11. The highest BCUT2D eigenvalue weighted by Crippen LogP contribution is 2.47. The van der Waals surface area contributed by atoms with Gasteiger partial charge in [0.1, 0.15) is 42.7 Å². The molecule has 0 radical (unpaired) electrons. The molecule has 358 valence electrons. The van der Waals surface area contributed by atoms with Gasteiger partial charge in [-0.05, 0) is 44.9 Å². The third-order valence-corrected chi connectivity index (χ3v) is 12.3.